The molecule has 0 atom stereocenters. The van der Waals surface area contributed by atoms with Gasteiger partial charge in [-0.2, -0.15) is 0 Å². The van der Waals surface area contributed by atoms with E-state index in [0.717, 1.165) is 35.2 Å². The number of anilines is 1. The van der Waals surface area contributed by atoms with Gasteiger partial charge in [-0.15, -0.1) is 0 Å². The molecule has 1 heterocycles. The zero-order valence-corrected chi connectivity index (χ0v) is 10.7. The minimum atomic E-state index is 0.670. The zero-order chi connectivity index (χ0) is 12.5. The van der Waals surface area contributed by atoms with E-state index in [4.69, 9.17) is 15.5 Å². The van der Waals surface area contributed by atoms with E-state index in [-0.39, 0.29) is 0 Å². The van der Waals surface area contributed by atoms with Gasteiger partial charge < -0.3 is 10.5 Å². The molecule has 1 aromatic heterocycles. The fourth-order valence-electron chi connectivity index (χ4n) is 2.70. The Morgan fingerprint density at radius 2 is 2.11 bits per heavy atom. The molecule has 0 amide bonds. The van der Waals surface area contributed by atoms with Crippen molar-refractivity contribution in [2.75, 3.05) is 12.3 Å². The fraction of sp³-hybridized carbons (Fsp3) is 0.400. The SMILES string of the molecule is CCOc1ccc2nc3c(c(N)c2c1)CCCC3. The van der Waals surface area contributed by atoms with Crippen molar-refractivity contribution in [3.8, 4) is 5.75 Å². The third-order valence-corrected chi connectivity index (χ3v) is 3.59. The molecule has 2 aromatic rings. The third kappa shape index (κ3) is 1.80. The second-order valence-electron chi connectivity index (χ2n) is 4.77. The Kier molecular flexibility index (Phi) is 2.82. The Labute approximate surface area is 107 Å². The average Bonchev–Trinajstić information content (AvgIpc) is 2.40. The van der Waals surface area contributed by atoms with Crippen molar-refractivity contribution in [2.24, 2.45) is 0 Å². The quantitative estimate of drug-likeness (QED) is 0.880. The molecule has 94 valence electrons. The number of aryl methyl sites for hydroxylation is 1. The summed E-state index contributed by atoms with van der Waals surface area (Å²) < 4.78 is 5.53. The highest BCUT2D eigenvalue weighted by atomic mass is 16.5. The topological polar surface area (TPSA) is 48.1 Å². The molecular formula is C15H18N2O. The molecule has 0 aliphatic heterocycles. The summed E-state index contributed by atoms with van der Waals surface area (Å²) in [4.78, 5) is 4.74. The summed E-state index contributed by atoms with van der Waals surface area (Å²) in [7, 11) is 0. The maximum atomic E-state index is 6.31. The number of rotatable bonds is 2. The second kappa shape index (κ2) is 4.48. The molecule has 1 aliphatic carbocycles. The van der Waals surface area contributed by atoms with Crippen LogP contribution in [0, 0.1) is 0 Å². The van der Waals surface area contributed by atoms with Crippen molar-refractivity contribution in [3.63, 3.8) is 0 Å². The lowest BCUT2D eigenvalue weighted by Gasteiger charge is -2.18. The number of ether oxygens (including phenoxy) is 1. The van der Waals surface area contributed by atoms with Crippen LogP contribution in [0.25, 0.3) is 10.9 Å². The molecule has 0 radical (unpaired) electrons. The van der Waals surface area contributed by atoms with Gasteiger partial charge in [-0.1, -0.05) is 0 Å². The smallest absolute Gasteiger partial charge is 0.120 e. The molecule has 0 saturated carbocycles. The largest absolute Gasteiger partial charge is 0.494 e. The summed E-state index contributed by atoms with van der Waals surface area (Å²) in [5.74, 6) is 0.870. The summed E-state index contributed by atoms with van der Waals surface area (Å²) in [6.07, 6.45) is 4.56. The van der Waals surface area contributed by atoms with Crippen molar-refractivity contribution in [2.45, 2.75) is 32.6 Å². The Morgan fingerprint density at radius 1 is 1.28 bits per heavy atom. The minimum absolute atomic E-state index is 0.670. The molecule has 1 aromatic carbocycles. The van der Waals surface area contributed by atoms with Gasteiger partial charge in [0.1, 0.15) is 5.75 Å². The van der Waals surface area contributed by atoms with Crippen molar-refractivity contribution in [1.82, 2.24) is 4.98 Å². The highest BCUT2D eigenvalue weighted by Gasteiger charge is 2.16. The van der Waals surface area contributed by atoms with Crippen molar-refractivity contribution >= 4 is 16.6 Å². The molecule has 0 spiro atoms. The van der Waals surface area contributed by atoms with Crippen LogP contribution in [0.4, 0.5) is 5.69 Å². The number of aromatic nitrogens is 1. The maximum Gasteiger partial charge on any atom is 0.120 e. The van der Waals surface area contributed by atoms with Crippen LogP contribution < -0.4 is 10.5 Å². The summed E-state index contributed by atoms with van der Waals surface area (Å²) in [6.45, 7) is 2.66. The second-order valence-corrected chi connectivity index (χ2v) is 4.77. The number of benzene rings is 1. The van der Waals surface area contributed by atoms with Gasteiger partial charge in [0.2, 0.25) is 0 Å². The van der Waals surface area contributed by atoms with Gasteiger partial charge in [0.25, 0.3) is 0 Å². The van der Waals surface area contributed by atoms with E-state index >= 15 is 0 Å². The fourth-order valence-corrected chi connectivity index (χ4v) is 2.70. The minimum Gasteiger partial charge on any atom is -0.494 e. The standard InChI is InChI=1S/C15H18N2O/c1-2-18-10-7-8-14-12(9-10)15(16)11-5-3-4-6-13(11)17-14/h7-9H,2-6H2,1H3,(H2,16,17). The van der Waals surface area contributed by atoms with Crippen molar-refractivity contribution < 1.29 is 4.74 Å². The van der Waals surface area contributed by atoms with Crippen molar-refractivity contribution in [1.29, 1.82) is 0 Å². The predicted octanol–water partition coefficient (Wildman–Crippen LogP) is 3.09. The van der Waals surface area contributed by atoms with E-state index in [2.05, 4.69) is 0 Å². The Morgan fingerprint density at radius 3 is 2.94 bits per heavy atom. The molecule has 0 fully saturated rings. The number of pyridine rings is 1. The van der Waals surface area contributed by atoms with Gasteiger partial charge >= 0.3 is 0 Å². The zero-order valence-electron chi connectivity index (χ0n) is 10.7. The van der Waals surface area contributed by atoms with Crippen LogP contribution in [0.15, 0.2) is 18.2 Å². The molecule has 0 unspecified atom stereocenters. The van der Waals surface area contributed by atoms with Gasteiger partial charge in [0.15, 0.2) is 0 Å². The molecule has 3 rings (SSSR count). The van der Waals surface area contributed by atoms with Crippen LogP contribution in [0.2, 0.25) is 0 Å². The number of nitrogens with two attached hydrogens (primary N) is 1. The first-order valence-corrected chi connectivity index (χ1v) is 6.63. The molecule has 0 saturated heterocycles. The van der Waals surface area contributed by atoms with Crippen LogP contribution in [0.1, 0.15) is 31.0 Å². The van der Waals surface area contributed by atoms with E-state index in [1.54, 1.807) is 0 Å². The lowest BCUT2D eigenvalue weighted by atomic mass is 9.93. The summed E-state index contributed by atoms with van der Waals surface area (Å²) in [5, 5.41) is 1.03. The highest BCUT2D eigenvalue weighted by Crippen LogP contribution is 2.32. The van der Waals surface area contributed by atoms with Crippen molar-refractivity contribution in [3.05, 3.63) is 29.5 Å². The molecule has 3 heteroatoms. The summed E-state index contributed by atoms with van der Waals surface area (Å²) in [5.41, 5.74) is 10.6. The van der Waals surface area contributed by atoms with E-state index in [1.807, 2.05) is 25.1 Å². The molecule has 0 bridgehead atoms. The first kappa shape index (κ1) is 11.3. The summed E-state index contributed by atoms with van der Waals surface area (Å²) in [6, 6.07) is 5.98. The van der Waals surface area contributed by atoms with Gasteiger partial charge in [-0.25, -0.2) is 0 Å². The first-order valence-electron chi connectivity index (χ1n) is 6.63. The number of nitrogens with zero attached hydrogens (tertiary/aromatic N) is 1. The third-order valence-electron chi connectivity index (χ3n) is 3.59. The normalized spacial score (nSPS) is 14.5. The Balaban J connectivity index is 2.19. The number of hydrogen-bond donors (Lipinski definition) is 1. The maximum absolute atomic E-state index is 6.31. The number of hydrogen-bond acceptors (Lipinski definition) is 3. The van der Waals surface area contributed by atoms with E-state index < -0.39 is 0 Å². The van der Waals surface area contributed by atoms with Crippen LogP contribution in [-0.2, 0) is 12.8 Å². The summed E-state index contributed by atoms with van der Waals surface area (Å²) >= 11 is 0. The molecular weight excluding hydrogens is 224 g/mol. The van der Waals surface area contributed by atoms with E-state index in [1.165, 1.54) is 24.1 Å². The Hall–Kier alpha value is -1.77. The molecule has 1 aliphatic rings. The Bertz CT molecular complexity index is 593. The lowest BCUT2D eigenvalue weighted by Crippen LogP contribution is -2.09. The average molecular weight is 242 g/mol. The molecule has 3 nitrogen and oxygen atoms in total. The first-order chi connectivity index (χ1) is 8.79. The van der Waals surface area contributed by atoms with Crippen LogP contribution in [0.3, 0.4) is 0 Å². The van der Waals surface area contributed by atoms with E-state index in [0.29, 0.717) is 6.61 Å². The highest BCUT2D eigenvalue weighted by molar-refractivity contribution is 5.93. The van der Waals surface area contributed by atoms with Gasteiger partial charge in [0, 0.05) is 16.8 Å². The number of nitrogen functional groups attached to an aromatic ring is 1. The number of fused-ring (bicyclic) bond motifs is 2. The lowest BCUT2D eigenvalue weighted by molar-refractivity contribution is 0.340. The van der Waals surface area contributed by atoms with Gasteiger partial charge in [0.05, 0.1) is 12.1 Å². The van der Waals surface area contributed by atoms with E-state index in [9.17, 15) is 0 Å². The molecule has 2 N–H and O–H groups in total. The van der Waals surface area contributed by atoms with Gasteiger partial charge in [-0.3, -0.25) is 4.98 Å². The van der Waals surface area contributed by atoms with Crippen LogP contribution in [-0.4, -0.2) is 11.6 Å². The van der Waals surface area contributed by atoms with Crippen LogP contribution in [0.5, 0.6) is 5.75 Å². The molecule has 18 heavy (non-hydrogen) atoms. The van der Waals surface area contributed by atoms with Gasteiger partial charge in [-0.05, 0) is 56.4 Å². The monoisotopic (exact) mass is 242 g/mol. The van der Waals surface area contributed by atoms with Crippen LogP contribution >= 0.6 is 0 Å². The predicted molar refractivity (Wildman–Crippen MR) is 74.0 cm³/mol.